The molecule has 0 bridgehead atoms. The lowest BCUT2D eigenvalue weighted by atomic mass is 9.88. The van der Waals surface area contributed by atoms with Crippen LogP contribution in [0.25, 0.3) is 0 Å². The molecular weight excluding hydrogens is 470 g/mol. The van der Waals surface area contributed by atoms with E-state index < -0.39 is 5.41 Å². The Morgan fingerprint density at radius 2 is 1.06 bits per heavy atom. The lowest BCUT2D eigenvalue weighted by Crippen LogP contribution is -2.38. The number of ketones is 2. The van der Waals surface area contributed by atoms with Gasteiger partial charge in [0.05, 0.1) is 46.2 Å². The van der Waals surface area contributed by atoms with Crippen LogP contribution < -0.4 is 5.32 Å². The molecule has 0 saturated carbocycles. The number of hydrogen-bond donors (Lipinski definition) is 1. The van der Waals surface area contributed by atoms with Gasteiger partial charge in [-0.1, -0.05) is 6.92 Å². The van der Waals surface area contributed by atoms with Crippen LogP contribution in [-0.2, 0) is 42.8 Å². The van der Waals surface area contributed by atoms with Crippen molar-refractivity contribution in [1.29, 1.82) is 0 Å². The number of nitrogens with one attached hydrogen (secondary N) is 1. The number of rotatable bonds is 27. The van der Waals surface area contributed by atoms with Crippen molar-refractivity contribution in [2.75, 3.05) is 87.3 Å². The smallest absolute Gasteiger partial charge is 0.222 e. The van der Waals surface area contributed by atoms with Gasteiger partial charge in [0.1, 0.15) is 11.6 Å². The average Bonchev–Trinajstić information content (AvgIpc) is 2.87. The Hall–Kier alpha value is -1.43. The van der Waals surface area contributed by atoms with Crippen molar-refractivity contribution in [3.8, 4) is 0 Å². The Morgan fingerprint density at radius 1 is 0.611 bits per heavy atom. The summed E-state index contributed by atoms with van der Waals surface area (Å²) < 4.78 is 32.5. The van der Waals surface area contributed by atoms with Gasteiger partial charge in [0.15, 0.2) is 0 Å². The van der Waals surface area contributed by atoms with Gasteiger partial charge in [-0.05, 0) is 19.3 Å². The SMILES string of the molecule is CCC(COCCC(=O)CCCOC)(COCCC(=O)CCCOC)COCCC(=O)NCCOC. The lowest BCUT2D eigenvalue weighted by molar-refractivity contribution is -0.123. The van der Waals surface area contributed by atoms with Crippen molar-refractivity contribution in [3.63, 3.8) is 0 Å². The number of hydrogen-bond acceptors (Lipinski definition) is 9. The molecule has 0 aliphatic carbocycles. The highest BCUT2D eigenvalue weighted by atomic mass is 16.5. The number of carbonyl (C=O) groups is 3. The normalized spacial score (nSPS) is 11.6. The van der Waals surface area contributed by atoms with Crippen LogP contribution in [0.15, 0.2) is 0 Å². The Bertz CT molecular complexity index is 498. The summed E-state index contributed by atoms with van der Waals surface area (Å²) in [6.07, 6.45) is 4.04. The molecular formula is C26H49NO9. The number of carbonyl (C=O) groups excluding carboxylic acids is 3. The molecule has 10 heteroatoms. The van der Waals surface area contributed by atoms with Crippen molar-refractivity contribution < 1.29 is 42.8 Å². The number of amides is 1. The van der Waals surface area contributed by atoms with Crippen LogP contribution in [0.4, 0.5) is 0 Å². The average molecular weight is 520 g/mol. The van der Waals surface area contributed by atoms with Gasteiger partial charge in [0.2, 0.25) is 5.91 Å². The molecule has 0 spiro atoms. The summed E-state index contributed by atoms with van der Waals surface area (Å²) in [6, 6.07) is 0. The van der Waals surface area contributed by atoms with E-state index in [1.807, 2.05) is 6.92 Å². The van der Waals surface area contributed by atoms with Crippen LogP contribution in [-0.4, -0.2) is 105 Å². The highest BCUT2D eigenvalue weighted by Gasteiger charge is 2.30. The molecule has 0 radical (unpaired) electrons. The molecule has 0 saturated heterocycles. The maximum atomic E-state index is 12.0. The maximum absolute atomic E-state index is 12.0. The molecule has 0 aliphatic rings. The van der Waals surface area contributed by atoms with E-state index in [9.17, 15) is 14.4 Å². The van der Waals surface area contributed by atoms with Gasteiger partial charge >= 0.3 is 0 Å². The van der Waals surface area contributed by atoms with Crippen molar-refractivity contribution in [2.45, 2.75) is 58.3 Å². The highest BCUT2D eigenvalue weighted by Crippen LogP contribution is 2.24. The summed E-state index contributed by atoms with van der Waals surface area (Å²) >= 11 is 0. The van der Waals surface area contributed by atoms with Crippen LogP contribution in [0.2, 0.25) is 0 Å². The van der Waals surface area contributed by atoms with Crippen molar-refractivity contribution >= 4 is 17.5 Å². The zero-order valence-corrected chi connectivity index (χ0v) is 22.9. The second kappa shape index (κ2) is 23.9. The van der Waals surface area contributed by atoms with Gasteiger partial charge in [-0.2, -0.15) is 0 Å². The third-order valence-corrected chi connectivity index (χ3v) is 5.74. The fourth-order valence-electron chi connectivity index (χ4n) is 3.29. The van der Waals surface area contributed by atoms with E-state index in [4.69, 9.17) is 28.4 Å². The molecule has 0 aromatic heterocycles. The molecule has 1 amide bonds. The lowest BCUT2D eigenvalue weighted by Gasteiger charge is -2.32. The molecule has 0 aromatic carbocycles. The van der Waals surface area contributed by atoms with E-state index in [0.717, 1.165) is 6.42 Å². The van der Waals surface area contributed by atoms with Gasteiger partial charge in [0.25, 0.3) is 0 Å². The summed E-state index contributed by atoms with van der Waals surface area (Å²) in [7, 11) is 4.82. The minimum Gasteiger partial charge on any atom is -0.385 e. The quantitative estimate of drug-likeness (QED) is 0.163. The van der Waals surface area contributed by atoms with Crippen LogP contribution in [0.1, 0.15) is 58.3 Å². The van der Waals surface area contributed by atoms with E-state index in [0.29, 0.717) is 97.9 Å². The zero-order valence-electron chi connectivity index (χ0n) is 22.9. The largest absolute Gasteiger partial charge is 0.385 e. The molecule has 0 unspecified atom stereocenters. The van der Waals surface area contributed by atoms with Crippen LogP contribution >= 0.6 is 0 Å². The zero-order chi connectivity index (χ0) is 26.9. The third-order valence-electron chi connectivity index (χ3n) is 5.74. The standard InChI is InChI=1S/C26H49NO9/c1-5-26(20-34-16-10-23(28)8-6-14-31-2,21-35-17-11-24(29)9-7-15-32-3)22-36-18-12-25(30)27-13-19-33-4/h5-22H2,1-4H3,(H,27,30). The van der Waals surface area contributed by atoms with Gasteiger partial charge in [0, 0.05) is 78.6 Å². The predicted octanol–water partition coefficient (Wildman–Crippen LogP) is 2.36. The van der Waals surface area contributed by atoms with E-state index in [1.165, 1.54) is 0 Å². The molecule has 0 rings (SSSR count). The minimum atomic E-state index is -0.440. The Balaban J connectivity index is 4.60. The van der Waals surface area contributed by atoms with Gasteiger partial charge < -0.3 is 33.7 Å². The Kier molecular flexibility index (Phi) is 23.0. The first kappa shape index (κ1) is 34.6. The monoisotopic (exact) mass is 519 g/mol. The molecule has 1 N–H and O–H groups in total. The predicted molar refractivity (Wildman–Crippen MR) is 136 cm³/mol. The second-order valence-electron chi connectivity index (χ2n) is 8.87. The van der Waals surface area contributed by atoms with Gasteiger partial charge in [-0.3, -0.25) is 14.4 Å². The van der Waals surface area contributed by atoms with Gasteiger partial charge in [-0.15, -0.1) is 0 Å². The van der Waals surface area contributed by atoms with Crippen molar-refractivity contribution in [2.24, 2.45) is 5.41 Å². The van der Waals surface area contributed by atoms with Crippen LogP contribution in [0.3, 0.4) is 0 Å². The first-order chi connectivity index (χ1) is 17.4. The molecule has 0 fully saturated rings. The number of Topliss-reactive ketones (excluding diaryl/α,β-unsaturated/α-hetero) is 2. The molecule has 212 valence electrons. The molecule has 36 heavy (non-hydrogen) atoms. The third kappa shape index (κ3) is 19.7. The summed E-state index contributed by atoms with van der Waals surface area (Å²) in [5.41, 5.74) is -0.440. The summed E-state index contributed by atoms with van der Waals surface area (Å²) in [5, 5.41) is 2.76. The second-order valence-corrected chi connectivity index (χ2v) is 8.87. The first-order valence-electron chi connectivity index (χ1n) is 12.9. The van der Waals surface area contributed by atoms with Crippen molar-refractivity contribution in [1.82, 2.24) is 5.32 Å². The fourth-order valence-corrected chi connectivity index (χ4v) is 3.29. The van der Waals surface area contributed by atoms with E-state index in [-0.39, 0.29) is 30.5 Å². The van der Waals surface area contributed by atoms with Crippen molar-refractivity contribution in [3.05, 3.63) is 0 Å². The van der Waals surface area contributed by atoms with Gasteiger partial charge in [-0.25, -0.2) is 0 Å². The Labute approximate surface area is 217 Å². The molecule has 0 atom stereocenters. The summed E-state index contributed by atoms with van der Waals surface area (Å²) in [6.45, 7) is 6.08. The van der Waals surface area contributed by atoms with Crippen LogP contribution in [0, 0.1) is 5.41 Å². The molecule has 10 nitrogen and oxygen atoms in total. The number of ether oxygens (including phenoxy) is 6. The molecule has 0 aromatic rings. The van der Waals surface area contributed by atoms with Crippen LogP contribution in [0.5, 0.6) is 0 Å². The summed E-state index contributed by atoms with van der Waals surface area (Å²) in [5.74, 6) is 0.196. The summed E-state index contributed by atoms with van der Waals surface area (Å²) in [4.78, 5) is 35.8. The topological polar surface area (TPSA) is 119 Å². The van der Waals surface area contributed by atoms with E-state index in [1.54, 1.807) is 21.3 Å². The van der Waals surface area contributed by atoms with E-state index in [2.05, 4.69) is 5.32 Å². The fraction of sp³-hybridized carbons (Fsp3) is 0.885. The van der Waals surface area contributed by atoms with E-state index >= 15 is 0 Å². The number of methoxy groups -OCH3 is 3. The minimum absolute atomic E-state index is 0.0966. The highest BCUT2D eigenvalue weighted by molar-refractivity contribution is 5.78. The first-order valence-corrected chi connectivity index (χ1v) is 12.9. The molecule has 0 aliphatic heterocycles. The molecule has 0 heterocycles. The Morgan fingerprint density at radius 3 is 1.47 bits per heavy atom. The maximum Gasteiger partial charge on any atom is 0.222 e.